The van der Waals surface area contributed by atoms with Gasteiger partial charge in [-0.2, -0.15) is 0 Å². The Hall–Kier alpha value is -16.1. The zero-order valence-corrected chi connectivity index (χ0v) is 69.0. The normalized spacial score (nSPS) is 13.6. The predicted octanol–water partition coefficient (Wildman–Crippen LogP) is 21.2. The number of hydrogen-bond acceptors (Lipinski definition) is 0. The molecule has 0 atom stereocenters. The molecule has 27 aromatic rings. The fourth-order valence-electron chi connectivity index (χ4n) is 27.3. The lowest BCUT2D eigenvalue weighted by atomic mass is 9.37. The summed E-state index contributed by atoms with van der Waals surface area (Å²) in [6.45, 7) is 1.33. The van der Waals surface area contributed by atoms with Gasteiger partial charge in [-0.3, -0.25) is 0 Å². The first-order valence-corrected chi connectivity index (χ1v) is 45.4. The zero-order chi connectivity index (χ0) is 82.2. The van der Waals surface area contributed by atoms with Gasteiger partial charge in [-0.05, 0) is 156 Å². The topological polar surface area (TPSA) is 18.2 Å². The first-order chi connectivity index (χ1) is 63.6. The number of fused-ring (bicyclic) bond motifs is 24. The molecule has 0 saturated heterocycles. The Morgan fingerprint density at radius 2 is 0.477 bits per heavy atom. The highest BCUT2D eigenvalue weighted by atomic mass is 15.0. The molecule has 36 rings (SSSR count). The van der Waals surface area contributed by atoms with Crippen molar-refractivity contribution in [3.63, 3.8) is 0 Å². The lowest BCUT2D eigenvalue weighted by Gasteiger charge is -2.24. The second kappa shape index (κ2) is 23.3. The molecule has 0 unspecified atom stereocenters. The Morgan fingerprint density at radius 3 is 1.07 bits per heavy atom. The minimum Gasteiger partial charge on any atom is -0.310 e. The van der Waals surface area contributed by atoms with E-state index in [1.807, 2.05) is 0 Å². The van der Waals surface area contributed by atoms with E-state index in [1.54, 1.807) is 0 Å². The Balaban J connectivity index is 0.0000000784. The van der Waals surface area contributed by atoms with E-state index in [0.29, 0.717) is 26.9 Å². The summed E-state index contributed by atoms with van der Waals surface area (Å²) in [5.74, 6) is 0. The monoisotopic (exact) mass is 1600 g/mol. The lowest BCUT2D eigenvalue weighted by Crippen LogP contribution is -2.51. The number of aromatic nitrogens is 4. The van der Waals surface area contributed by atoms with Crippen molar-refractivity contribution in [3.05, 3.63) is 388 Å². The molecule has 0 bridgehead atoms. The Bertz CT molecular complexity index is 9860. The highest BCUT2D eigenvalue weighted by Crippen LogP contribution is 2.52. The molecule has 576 valence electrons. The maximum Gasteiger partial charge on any atom is 0.249 e. The minimum atomic E-state index is 0.299. The predicted molar refractivity (Wildman–Crippen MR) is 545 cm³/mol. The van der Waals surface area contributed by atoms with E-state index in [9.17, 15) is 0 Å². The summed E-state index contributed by atoms with van der Waals surface area (Å²) in [7, 11) is 0. The van der Waals surface area contributed by atoms with Crippen LogP contribution in [0.3, 0.4) is 0 Å². The Morgan fingerprint density at radius 1 is 0.148 bits per heavy atom. The van der Waals surface area contributed by atoms with Crippen LogP contribution in [0.2, 0.25) is 0 Å². The van der Waals surface area contributed by atoms with Gasteiger partial charge in [0.05, 0.1) is 38.6 Å². The summed E-state index contributed by atoms with van der Waals surface area (Å²) in [5, 5.41) is 19.3. The molecule has 7 aromatic heterocycles. The second-order valence-electron chi connectivity index (χ2n) is 37.1. The lowest BCUT2D eigenvalue weighted by molar-refractivity contribution is 1.19. The van der Waals surface area contributed by atoms with E-state index in [-0.39, 0.29) is 0 Å². The van der Waals surface area contributed by atoms with Crippen LogP contribution in [-0.2, 0) is 0 Å². The van der Waals surface area contributed by atoms with Gasteiger partial charge in [0.1, 0.15) is 0 Å². The molecule has 0 radical (unpaired) electrons. The molecule has 9 aliphatic rings. The van der Waals surface area contributed by atoms with Crippen molar-refractivity contribution in [2.75, 3.05) is 0 Å². The average Bonchev–Trinajstić information content (AvgIpc) is 1.51. The summed E-state index contributed by atoms with van der Waals surface area (Å²) in [4.78, 5) is 0. The maximum absolute atomic E-state index is 2.60. The van der Waals surface area contributed by atoms with Gasteiger partial charge in [-0.1, -0.05) is 392 Å². The van der Waals surface area contributed by atoms with Gasteiger partial charge in [-0.15, -0.1) is 0 Å². The molecule has 0 saturated carbocycles. The number of benzene rings is 20. The van der Waals surface area contributed by atoms with E-state index in [2.05, 4.69) is 406 Å². The van der Waals surface area contributed by atoms with E-state index < -0.39 is 0 Å². The van der Waals surface area contributed by atoms with Gasteiger partial charge in [0.25, 0.3) is 0 Å². The van der Waals surface area contributed by atoms with Gasteiger partial charge in [0, 0.05) is 109 Å². The quantitative estimate of drug-likeness (QED) is 0.156. The van der Waals surface area contributed by atoms with E-state index in [4.69, 9.17) is 0 Å². The van der Waals surface area contributed by atoms with Crippen molar-refractivity contribution < 1.29 is 0 Å². The van der Waals surface area contributed by atoms with Gasteiger partial charge in [-0.25, -0.2) is 0 Å². The van der Waals surface area contributed by atoms with Crippen molar-refractivity contribution in [1.82, 2.24) is 17.8 Å². The summed E-state index contributed by atoms with van der Waals surface area (Å²) >= 11 is 0. The van der Waals surface area contributed by atoms with Crippen LogP contribution in [0.4, 0.5) is 0 Å². The SMILES string of the molecule is c1ccc(-c2cc3c4cccc5c4n4c6c7c(ccc6c(c2)c34)-c2ccccc2B57)cc1.c1ccc(-c2ccc3c4cccc5c4n4c6c7c(ccc6c2c34)-c2ccccc2B57)cc1.c1ccc(-c2cccc3c2-c2ccc4c5cccc6c7cccc8c7n(c4c2B38)c65)cc1.c1ccc(-c2cccc3c4ccc5c6c4n(c23)-c2cccc3c2B6c2c-3cccc2-5)cc1. The van der Waals surface area contributed by atoms with Gasteiger partial charge in [0.15, 0.2) is 0 Å². The van der Waals surface area contributed by atoms with Crippen molar-refractivity contribution >= 4 is 228 Å². The Kier molecular flexibility index (Phi) is 12.1. The molecular weight excluding hydrogens is 1540 g/mol. The third kappa shape index (κ3) is 7.71. The smallest absolute Gasteiger partial charge is 0.249 e. The summed E-state index contributed by atoms with van der Waals surface area (Å²) in [6.07, 6.45) is 0. The molecule has 128 heavy (non-hydrogen) atoms. The highest BCUT2D eigenvalue weighted by molar-refractivity contribution is 7.06. The fraction of sp³-hybridized carbons (Fsp3) is 0. The van der Waals surface area contributed by atoms with Crippen LogP contribution < -0.4 is 65.6 Å². The molecule has 8 heteroatoms. The minimum absolute atomic E-state index is 0.299. The Labute approximate surface area is 735 Å². The van der Waals surface area contributed by atoms with Crippen LogP contribution in [0.15, 0.2) is 388 Å². The molecule has 0 N–H and O–H groups in total. The third-order valence-electron chi connectivity index (χ3n) is 31.7. The summed E-state index contributed by atoms with van der Waals surface area (Å²) in [5.41, 5.74) is 58.9. The fourth-order valence-corrected chi connectivity index (χ4v) is 27.3. The average molecular weight is 1610 g/mol. The number of nitrogens with zero attached hydrogens (tertiary/aromatic N) is 4. The molecule has 9 aliphatic heterocycles. The summed E-state index contributed by atoms with van der Waals surface area (Å²) < 4.78 is 10.3. The molecule has 0 aliphatic carbocycles. The van der Waals surface area contributed by atoms with E-state index >= 15 is 0 Å². The van der Waals surface area contributed by atoms with Crippen molar-refractivity contribution in [3.8, 4) is 106 Å². The van der Waals surface area contributed by atoms with Crippen LogP contribution in [0.1, 0.15) is 0 Å². The number of para-hydroxylation sites is 5. The number of rotatable bonds is 4. The summed E-state index contributed by atoms with van der Waals surface area (Å²) in [6, 6.07) is 145. The first-order valence-electron chi connectivity index (χ1n) is 45.4. The molecule has 0 fully saturated rings. The second-order valence-corrected chi connectivity index (χ2v) is 37.1. The molecule has 4 nitrogen and oxygen atoms in total. The first kappa shape index (κ1) is 66.4. The van der Waals surface area contributed by atoms with Crippen LogP contribution in [0.25, 0.3) is 242 Å². The highest BCUT2D eigenvalue weighted by Gasteiger charge is 2.50. The molecule has 20 aromatic carbocycles. The zero-order valence-electron chi connectivity index (χ0n) is 69.0. The molecular formula is C120H64B4N4. The standard InChI is InChI=1S/4C30H16BN/c1-2-7-17(8-3-1)18-9-5-13-24-26(18)23-16-15-22-20-11-4-10-19-21-12-6-14-25-29(21)32(28(19)20)30(22)27(23)31(24)25;1-2-7-17(8-3-1)18-9-4-13-23-24-16-15-22-20-11-5-10-19-21-12-6-14-25-27(21)31(26(19)20)28(22)30(24)32(25)29(18)23;1-2-7-17(8-3-1)18-13-15-22-21-10-6-12-25-28(21)32-29(22)26(18)23-16-14-20-19-9-4-5-11-24(19)31(25)27(20)30(23)32;1-2-7-17(8-3-1)18-15-23-21-10-6-12-26-29(21)32-28(23)24(16-18)22-14-13-20-19-9-4-5-11-25(19)31(26)27(20)30(22)32/h4*1-16H. The molecule has 0 spiro atoms. The van der Waals surface area contributed by atoms with Crippen LogP contribution in [-0.4, -0.2) is 44.6 Å². The molecule has 16 heterocycles. The van der Waals surface area contributed by atoms with Crippen molar-refractivity contribution in [2.45, 2.75) is 0 Å². The number of hydrogen-bond donors (Lipinski definition) is 0. The van der Waals surface area contributed by atoms with Crippen molar-refractivity contribution in [2.24, 2.45) is 0 Å². The van der Waals surface area contributed by atoms with Gasteiger partial charge >= 0.3 is 0 Å². The van der Waals surface area contributed by atoms with E-state index in [0.717, 1.165) is 0 Å². The van der Waals surface area contributed by atoms with Crippen molar-refractivity contribution in [1.29, 1.82) is 0 Å². The van der Waals surface area contributed by atoms with Gasteiger partial charge in [0.2, 0.25) is 26.9 Å². The van der Waals surface area contributed by atoms with Crippen LogP contribution in [0, 0.1) is 0 Å². The van der Waals surface area contributed by atoms with Crippen LogP contribution in [0.5, 0.6) is 0 Å². The van der Waals surface area contributed by atoms with E-state index in [1.165, 1.54) is 307 Å². The van der Waals surface area contributed by atoms with Crippen LogP contribution >= 0.6 is 0 Å². The largest absolute Gasteiger partial charge is 0.310 e. The molecule has 0 amide bonds. The maximum atomic E-state index is 2.60. The van der Waals surface area contributed by atoms with Gasteiger partial charge < -0.3 is 17.8 Å². The third-order valence-corrected chi connectivity index (χ3v) is 31.7.